The van der Waals surface area contributed by atoms with Crippen LogP contribution in [0.2, 0.25) is 0 Å². The van der Waals surface area contributed by atoms with Crippen LogP contribution in [0.5, 0.6) is 5.75 Å². The first-order chi connectivity index (χ1) is 11.7. The molecule has 1 aliphatic rings. The second-order valence-electron chi connectivity index (χ2n) is 6.88. The van der Waals surface area contributed by atoms with Crippen molar-refractivity contribution in [3.05, 3.63) is 51.9 Å². The van der Waals surface area contributed by atoms with Crippen LogP contribution in [0.15, 0.2) is 45.1 Å². The summed E-state index contributed by atoms with van der Waals surface area (Å²) in [5, 5.41) is 11.5. The van der Waals surface area contributed by atoms with Gasteiger partial charge in [-0.2, -0.15) is 0 Å². The average Bonchev–Trinajstić information content (AvgIpc) is 2.49. The summed E-state index contributed by atoms with van der Waals surface area (Å²) in [7, 11) is 0. The molecule has 1 aromatic heterocycles. The summed E-state index contributed by atoms with van der Waals surface area (Å²) < 4.78 is 16.7. The molecule has 0 fully saturated rings. The number of hydrogen-bond acceptors (Lipinski definition) is 6. The monoisotopic (exact) mass is 571 g/mol. The van der Waals surface area contributed by atoms with Crippen molar-refractivity contribution < 1.29 is 67.9 Å². The van der Waals surface area contributed by atoms with E-state index in [1.807, 2.05) is 0 Å². The van der Waals surface area contributed by atoms with E-state index in [2.05, 4.69) is 0 Å². The number of rotatable bonds is 2. The van der Waals surface area contributed by atoms with Crippen LogP contribution in [0.3, 0.4) is 0 Å². The van der Waals surface area contributed by atoms with Crippen molar-refractivity contribution in [3.63, 3.8) is 0 Å². The molecule has 6 nitrogen and oxygen atoms in total. The number of carbonyl (C=O) groups excluding carboxylic acids is 1. The zero-order valence-corrected chi connectivity index (χ0v) is 19.9. The van der Waals surface area contributed by atoms with Gasteiger partial charge in [-0.05, 0) is 45.9 Å². The molecule has 0 saturated carbocycles. The molecular weight excluding hydrogens is 551 g/mol. The molecule has 0 aliphatic carbocycles. The van der Waals surface area contributed by atoms with Gasteiger partial charge in [-0.25, -0.2) is 9.59 Å². The molecule has 7 heteroatoms. The molecule has 0 amide bonds. The van der Waals surface area contributed by atoms with Gasteiger partial charge in [0, 0.05) is 61.6 Å². The van der Waals surface area contributed by atoms with Crippen molar-refractivity contribution in [1.82, 2.24) is 0 Å². The molecule has 26 heavy (non-hydrogen) atoms. The standard InChI is InChI=1S/C19H20O6.Ac/c1-10(2)9-14(21)24-18-16(22)15-12(25-19(18,3)4)7-5-11-6-8-13(20)23-17(11)15;/h5-9,16,18,22H,1-4H3;/t16-,18-;/m1./s1. The Hall–Kier alpha value is -1.16. The van der Waals surface area contributed by atoms with E-state index in [4.69, 9.17) is 13.9 Å². The molecule has 1 aromatic carbocycles. The van der Waals surface area contributed by atoms with Gasteiger partial charge in [-0.3, -0.25) is 0 Å². The molecular formula is C19H20AcO6. The topological polar surface area (TPSA) is 86.0 Å². The predicted octanol–water partition coefficient (Wildman–Crippen LogP) is 2.88. The first-order valence-electron chi connectivity index (χ1n) is 7.98. The Morgan fingerprint density at radius 3 is 2.54 bits per heavy atom. The second kappa shape index (κ2) is 7.84. The summed E-state index contributed by atoms with van der Waals surface area (Å²) in [4.78, 5) is 23.6. The minimum atomic E-state index is -1.19. The van der Waals surface area contributed by atoms with Crippen LogP contribution in [-0.2, 0) is 9.53 Å². The van der Waals surface area contributed by atoms with Crippen molar-refractivity contribution in [1.29, 1.82) is 0 Å². The van der Waals surface area contributed by atoms with E-state index in [0.717, 1.165) is 5.57 Å². The van der Waals surface area contributed by atoms with Crippen molar-refractivity contribution in [2.75, 3.05) is 0 Å². The number of esters is 1. The molecule has 0 unspecified atom stereocenters. The molecule has 2 aromatic rings. The van der Waals surface area contributed by atoms with Crippen LogP contribution in [0.4, 0.5) is 0 Å². The number of aliphatic hydroxyl groups is 1. The van der Waals surface area contributed by atoms with Crippen LogP contribution in [0.1, 0.15) is 39.4 Å². The molecule has 1 radical (unpaired) electrons. The fraction of sp³-hybridized carbons (Fsp3) is 0.368. The van der Waals surface area contributed by atoms with E-state index in [0.29, 0.717) is 16.7 Å². The summed E-state index contributed by atoms with van der Waals surface area (Å²) in [6.45, 7) is 7.01. The maximum atomic E-state index is 12.0. The number of aliphatic hydroxyl groups excluding tert-OH is 1. The van der Waals surface area contributed by atoms with Gasteiger partial charge in [-0.1, -0.05) is 5.57 Å². The normalized spacial score (nSPS) is 20.3. The van der Waals surface area contributed by atoms with E-state index in [-0.39, 0.29) is 49.6 Å². The Labute approximate surface area is 186 Å². The molecule has 2 atom stereocenters. The van der Waals surface area contributed by atoms with Gasteiger partial charge in [0.2, 0.25) is 0 Å². The third-order valence-electron chi connectivity index (χ3n) is 4.08. The molecule has 1 N–H and O–H groups in total. The largest absolute Gasteiger partial charge is 0.483 e. The van der Waals surface area contributed by atoms with Gasteiger partial charge < -0.3 is 19.0 Å². The minimum absolute atomic E-state index is 0. The van der Waals surface area contributed by atoms with Gasteiger partial charge in [0.1, 0.15) is 23.0 Å². The van der Waals surface area contributed by atoms with E-state index in [9.17, 15) is 14.7 Å². The van der Waals surface area contributed by atoms with Gasteiger partial charge in [-0.15, -0.1) is 0 Å². The van der Waals surface area contributed by atoms with Crippen LogP contribution in [0.25, 0.3) is 11.0 Å². The van der Waals surface area contributed by atoms with Gasteiger partial charge in [0.05, 0.1) is 5.56 Å². The van der Waals surface area contributed by atoms with E-state index < -0.39 is 29.4 Å². The SMILES string of the molecule is CC(C)=CC(=O)O[C@@H]1[C@H](O)c2c(ccc3ccc(=O)oc23)OC1(C)C.[Ac]. The maximum Gasteiger partial charge on any atom is 0.336 e. The Morgan fingerprint density at radius 2 is 1.88 bits per heavy atom. The second-order valence-corrected chi connectivity index (χ2v) is 6.88. The first-order valence-corrected chi connectivity index (χ1v) is 7.98. The molecule has 3 rings (SSSR count). The van der Waals surface area contributed by atoms with Gasteiger partial charge in [0.15, 0.2) is 6.10 Å². The molecule has 0 bridgehead atoms. The Balaban J connectivity index is 0.00000243. The van der Waals surface area contributed by atoms with Crippen molar-refractivity contribution in [3.8, 4) is 5.75 Å². The third kappa shape index (κ3) is 4.05. The number of benzene rings is 1. The van der Waals surface area contributed by atoms with E-state index in [1.54, 1.807) is 45.9 Å². The van der Waals surface area contributed by atoms with Crippen molar-refractivity contribution in [2.24, 2.45) is 0 Å². The van der Waals surface area contributed by atoms with E-state index >= 15 is 0 Å². The Bertz CT molecular complexity index is 923. The van der Waals surface area contributed by atoms with Crippen molar-refractivity contribution in [2.45, 2.75) is 45.5 Å². The first kappa shape index (κ1) is 21.1. The predicted molar refractivity (Wildman–Crippen MR) is 91.5 cm³/mol. The van der Waals surface area contributed by atoms with Crippen molar-refractivity contribution >= 4 is 16.9 Å². The maximum absolute atomic E-state index is 12.0. The summed E-state index contributed by atoms with van der Waals surface area (Å²) in [6, 6.07) is 6.37. The summed E-state index contributed by atoms with van der Waals surface area (Å²) in [5.41, 5.74) is -0.164. The van der Waals surface area contributed by atoms with Crippen LogP contribution >= 0.6 is 0 Å². The number of carbonyl (C=O) groups is 1. The molecule has 135 valence electrons. The minimum Gasteiger partial charge on any atom is -0.483 e. The number of ether oxygens (including phenoxy) is 2. The summed E-state index contributed by atoms with van der Waals surface area (Å²) in [6.07, 6.45) is -0.802. The number of hydrogen-bond donors (Lipinski definition) is 1. The Kier molecular flexibility index (Phi) is 6.37. The summed E-state index contributed by atoms with van der Waals surface area (Å²) >= 11 is 0. The number of fused-ring (bicyclic) bond motifs is 3. The molecule has 1 aliphatic heterocycles. The van der Waals surface area contributed by atoms with Gasteiger partial charge in [0.25, 0.3) is 0 Å². The molecule has 0 spiro atoms. The van der Waals surface area contributed by atoms with Crippen LogP contribution < -0.4 is 10.4 Å². The smallest absolute Gasteiger partial charge is 0.336 e. The average molecular weight is 571 g/mol. The quantitative estimate of drug-likeness (QED) is 0.339. The fourth-order valence-corrected chi connectivity index (χ4v) is 2.98. The third-order valence-corrected chi connectivity index (χ3v) is 4.08. The molecule has 2 heterocycles. The van der Waals surface area contributed by atoms with Crippen LogP contribution in [-0.4, -0.2) is 22.8 Å². The van der Waals surface area contributed by atoms with Crippen LogP contribution in [0, 0.1) is 44.1 Å². The summed E-state index contributed by atoms with van der Waals surface area (Å²) in [5.74, 6) is -0.167. The van der Waals surface area contributed by atoms with Gasteiger partial charge >= 0.3 is 11.6 Å². The fourth-order valence-electron chi connectivity index (χ4n) is 2.98. The Morgan fingerprint density at radius 1 is 1.23 bits per heavy atom. The zero-order chi connectivity index (χ0) is 18.4. The van der Waals surface area contributed by atoms with E-state index in [1.165, 1.54) is 12.1 Å². The molecule has 0 saturated heterocycles. The zero-order valence-electron chi connectivity index (χ0n) is 15.1. The number of allylic oxidation sites excluding steroid dienone is 1.